The maximum absolute atomic E-state index is 5.93. The van der Waals surface area contributed by atoms with E-state index in [-0.39, 0.29) is 0 Å². The molecule has 6 heteroatoms. The van der Waals surface area contributed by atoms with Gasteiger partial charge < -0.3 is 11.5 Å². The average Bonchev–Trinajstić information content (AvgIpc) is 3.85. The van der Waals surface area contributed by atoms with Gasteiger partial charge in [-0.25, -0.2) is 9.36 Å². The Balaban J connectivity index is 0.989. The Bertz CT molecular complexity index is 2050. The highest BCUT2D eigenvalue weighted by atomic mass is 15.3. The maximum Gasteiger partial charge on any atom is 0.0930 e. The van der Waals surface area contributed by atoms with Crippen LogP contribution < -0.4 is 11.5 Å². The molecule has 6 nitrogen and oxygen atoms in total. The van der Waals surface area contributed by atoms with Gasteiger partial charge in [0.1, 0.15) is 0 Å². The topological polar surface area (TPSA) is 87.7 Å². The first-order valence-electron chi connectivity index (χ1n) is 16.0. The third-order valence-corrected chi connectivity index (χ3v) is 8.37. The summed E-state index contributed by atoms with van der Waals surface area (Å²) in [5.41, 5.74) is 24.5. The van der Waals surface area contributed by atoms with Crippen molar-refractivity contribution in [3.63, 3.8) is 0 Å². The van der Waals surface area contributed by atoms with E-state index < -0.39 is 0 Å². The monoisotopic (exact) mass is 624 g/mol. The lowest BCUT2D eigenvalue weighted by Gasteiger charge is -2.05. The van der Waals surface area contributed by atoms with Crippen LogP contribution >= 0.6 is 0 Å². The first-order valence-corrected chi connectivity index (χ1v) is 16.0. The molecular formula is C42H36N6. The van der Waals surface area contributed by atoms with Crippen molar-refractivity contribution in [2.75, 3.05) is 0 Å². The Morgan fingerprint density at radius 2 is 0.854 bits per heavy atom. The van der Waals surface area contributed by atoms with E-state index in [9.17, 15) is 0 Å². The largest absolute Gasteiger partial charge is 0.326 e. The normalized spacial score (nSPS) is 11.5. The molecule has 0 aliphatic carbocycles. The first-order chi connectivity index (χ1) is 23.7. The zero-order valence-electron chi connectivity index (χ0n) is 26.5. The molecule has 0 aliphatic rings. The molecule has 0 atom stereocenters. The third-order valence-electron chi connectivity index (χ3n) is 8.37. The highest BCUT2D eigenvalue weighted by molar-refractivity contribution is 5.75. The molecule has 0 amide bonds. The van der Waals surface area contributed by atoms with Gasteiger partial charge in [0.2, 0.25) is 0 Å². The van der Waals surface area contributed by atoms with Gasteiger partial charge in [-0.05, 0) is 75.8 Å². The number of hydrogen-bond donors (Lipinski definition) is 2. The van der Waals surface area contributed by atoms with Crippen LogP contribution in [0.5, 0.6) is 0 Å². The Kier molecular flexibility index (Phi) is 9.00. The lowest BCUT2D eigenvalue weighted by molar-refractivity contribution is 0.883. The van der Waals surface area contributed by atoms with Crippen LogP contribution in [0.4, 0.5) is 0 Å². The standard InChI is InChI=1S/C42H36N6/c43-29-35-8-1-3-10-39(35)41-24-26-47(45-41)37-20-16-31(17-21-37)12-14-33-6-5-7-34(28-33)15-13-32-18-22-38(23-19-32)48-27-25-42(46-48)40-11-4-2-9-36(40)30-44/h1-28H,29-30,43-44H2. The van der Waals surface area contributed by atoms with Gasteiger partial charge in [0.05, 0.1) is 22.8 Å². The molecule has 0 spiro atoms. The smallest absolute Gasteiger partial charge is 0.0930 e. The molecule has 0 aliphatic heterocycles. The Hall–Kier alpha value is -6.08. The Labute approximate surface area is 280 Å². The zero-order valence-corrected chi connectivity index (χ0v) is 26.5. The predicted octanol–water partition coefficient (Wildman–Crippen LogP) is 8.65. The summed E-state index contributed by atoms with van der Waals surface area (Å²) < 4.78 is 3.80. The maximum atomic E-state index is 5.93. The molecule has 0 saturated heterocycles. The summed E-state index contributed by atoms with van der Waals surface area (Å²) in [5, 5.41) is 9.59. The van der Waals surface area contributed by atoms with Crippen LogP contribution in [0.15, 0.2) is 146 Å². The predicted molar refractivity (Wildman–Crippen MR) is 198 cm³/mol. The summed E-state index contributed by atoms with van der Waals surface area (Å²) in [6.07, 6.45) is 12.5. The van der Waals surface area contributed by atoms with Gasteiger partial charge >= 0.3 is 0 Å². The average molecular weight is 625 g/mol. The number of nitrogens with zero attached hydrogens (tertiary/aromatic N) is 4. The van der Waals surface area contributed by atoms with E-state index in [0.29, 0.717) is 13.1 Å². The lowest BCUT2D eigenvalue weighted by atomic mass is 10.1. The Morgan fingerprint density at radius 3 is 1.29 bits per heavy atom. The van der Waals surface area contributed by atoms with Crippen molar-refractivity contribution in [2.45, 2.75) is 13.1 Å². The zero-order chi connectivity index (χ0) is 32.7. The molecule has 0 radical (unpaired) electrons. The lowest BCUT2D eigenvalue weighted by Crippen LogP contribution is -1.99. The van der Waals surface area contributed by atoms with Crippen LogP contribution in [0, 0.1) is 0 Å². The van der Waals surface area contributed by atoms with Crippen molar-refractivity contribution < 1.29 is 0 Å². The van der Waals surface area contributed by atoms with Gasteiger partial charge in [-0.15, -0.1) is 0 Å². The molecule has 2 heterocycles. The fraction of sp³-hybridized carbons (Fsp3) is 0.0476. The molecule has 7 aromatic rings. The number of aromatic nitrogens is 4. The number of rotatable bonds is 10. The van der Waals surface area contributed by atoms with Gasteiger partial charge in [0.25, 0.3) is 0 Å². The van der Waals surface area contributed by atoms with Crippen molar-refractivity contribution in [3.05, 3.63) is 179 Å². The van der Waals surface area contributed by atoms with E-state index in [1.165, 1.54) is 0 Å². The Morgan fingerprint density at radius 1 is 0.438 bits per heavy atom. The minimum Gasteiger partial charge on any atom is -0.326 e. The van der Waals surface area contributed by atoms with Crippen molar-refractivity contribution >= 4 is 24.3 Å². The molecule has 0 fully saturated rings. The van der Waals surface area contributed by atoms with E-state index >= 15 is 0 Å². The molecule has 7 rings (SSSR count). The van der Waals surface area contributed by atoms with E-state index in [2.05, 4.69) is 109 Å². The fourth-order valence-electron chi connectivity index (χ4n) is 5.75. The molecule has 4 N–H and O–H groups in total. The summed E-state index contributed by atoms with van der Waals surface area (Å²) in [4.78, 5) is 0. The summed E-state index contributed by atoms with van der Waals surface area (Å²) >= 11 is 0. The van der Waals surface area contributed by atoms with E-state index in [0.717, 1.165) is 67.3 Å². The molecule has 0 bridgehead atoms. The minimum absolute atomic E-state index is 0.485. The highest BCUT2D eigenvalue weighted by Gasteiger charge is 2.09. The molecular weight excluding hydrogens is 589 g/mol. The second kappa shape index (κ2) is 14.1. The van der Waals surface area contributed by atoms with Crippen LogP contribution in [0.3, 0.4) is 0 Å². The second-order valence-corrected chi connectivity index (χ2v) is 11.5. The minimum atomic E-state index is 0.485. The summed E-state index contributed by atoms with van der Waals surface area (Å²) in [7, 11) is 0. The van der Waals surface area contributed by atoms with Gasteiger partial charge in [-0.2, -0.15) is 10.2 Å². The molecule has 48 heavy (non-hydrogen) atoms. The molecule has 2 aromatic heterocycles. The van der Waals surface area contributed by atoms with E-state index in [1.54, 1.807) is 0 Å². The summed E-state index contributed by atoms with van der Waals surface area (Å²) in [6.45, 7) is 0.969. The number of benzene rings is 5. The van der Waals surface area contributed by atoms with Crippen LogP contribution in [0.2, 0.25) is 0 Å². The number of hydrogen-bond acceptors (Lipinski definition) is 4. The second-order valence-electron chi connectivity index (χ2n) is 11.5. The summed E-state index contributed by atoms with van der Waals surface area (Å²) in [5.74, 6) is 0. The summed E-state index contributed by atoms with van der Waals surface area (Å²) in [6, 6.07) is 45.6. The van der Waals surface area contributed by atoms with Crippen molar-refractivity contribution in [2.24, 2.45) is 11.5 Å². The van der Waals surface area contributed by atoms with Crippen LogP contribution in [0.25, 0.3) is 58.2 Å². The number of nitrogens with two attached hydrogens (primary N) is 2. The van der Waals surface area contributed by atoms with Gasteiger partial charge in [-0.3, -0.25) is 0 Å². The van der Waals surface area contributed by atoms with Crippen LogP contribution in [-0.2, 0) is 13.1 Å². The molecule has 0 unspecified atom stereocenters. The van der Waals surface area contributed by atoms with Crippen LogP contribution in [-0.4, -0.2) is 19.6 Å². The molecule has 0 saturated carbocycles. The quantitative estimate of drug-likeness (QED) is 0.149. The van der Waals surface area contributed by atoms with E-state index in [1.807, 2.05) is 70.3 Å². The fourth-order valence-corrected chi connectivity index (χ4v) is 5.75. The molecule has 5 aromatic carbocycles. The van der Waals surface area contributed by atoms with Gasteiger partial charge in [0, 0.05) is 36.6 Å². The SMILES string of the molecule is NCc1ccccc1-c1ccn(-c2ccc(C=Cc3cccc(C=Cc4ccc(-n5ccc(-c6ccccc6CN)n5)cc4)c3)cc2)n1. The first kappa shape index (κ1) is 30.6. The third kappa shape index (κ3) is 6.86. The highest BCUT2D eigenvalue weighted by Crippen LogP contribution is 2.24. The van der Waals surface area contributed by atoms with E-state index in [4.69, 9.17) is 21.7 Å². The van der Waals surface area contributed by atoms with Crippen LogP contribution in [0.1, 0.15) is 33.4 Å². The van der Waals surface area contributed by atoms with Crippen molar-refractivity contribution in [1.82, 2.24) is 19.6 Å². The van der Waals surface area contributed by atoms with Crippen molar-refractivity contribution in [1.29, 1.82) is 0 Å². The van der Waals surface area contributed by atoms with Gasteiger partial charge in [0.15, 0.2) is 0 Å². The van der Waals surface area contributed by atoms with Gasteiger partial charge in [-0.1, -0.05) is 115 Å². The van der Waals surface area contributed by atoms with Crippen molar-refractivity contribution in [3.8, 4) is 33.9 Å². The molecule has 234 valence electrons.